The highest BCUT2D eigenvalue weighted by atomic mass is 16.3. The van der Waals surface area contributed by atoms with Crippen molar-refractivity contribution in [2.75, 3.05) is 19.8 Å². The van der Waals surface area contributed by atoms with Gasteiger partial charge in [-0.15, -0.1) is 0 Å². The SMILES string of the molecule is CCC(CCCCCCO)(CCCCCCO)CCCCCCO. The molecule has 0 aromatic rings. The van der Waals surface area contributed by atoms with Gasteiger partial charge in [0.2, 0.25) is 0 Å². The molecular weight excluding hydrogens is 300 g/mol. The third-order valence-corrected chi connectivity index (χ3v) is 5.60. The van der Waals surface area contributed by atoms with Gasteiger partial charge in [-0.3, -0.25) is 0 Å². The van der Waals surface area contributed by atoms with Gasteiger partial charge in [0.1, 0.15) is 0 Å². The van der Waals surface area contributed by atoms with Crippen molar-refractivity contribution in [1.82, 2.24) is 0 Å². The van der Waals surface area contributed by atoms with Crippen LogP contribution in [0.2, 0.25) is 0 Å². The lowest BCUT2D eigenvalue weighted by atomic mass is 9.72. The Morgan fingerprint density at radius 1 is 0.458 bits per heavy atom. The van der Waals surface area contributed by atoms with Crippen LogP contribution in [0.1, 0.15) is 110 Å². The predicted molar refractivity (Wildman–Crippen MR) is 103 cm³/mol. The van der Waals surface area contributed by atoms with Gasteiger partial charge in [-0.1, -0.05) is 71.1 Å². The Morgan fingerprint density at radius 2 is 0.750 bits per heavy atom. The second-order valence-corrected chi connectivity index (χ2v) is 7.52. The lowest BCUT2D eigenvalue weighted by molar-refractivity contribution is 0.183. The number of aliphatic hydroxyl groups is 3. The summed E-state index contributed by atoms with van der Waals surface area (Å²) in [6.45, 7) is 3.34. The summed E-state index contributed by atoms with van der Waals surface area (Å²) >= 11 is 0. The zero-order valence-electron chi connectivity index (χ0n) is 16.3. The van der Waals surface area contributed by atoms with E-state index in [1.165, 1.54) is 64.2 Å². The van der Waals surface area contributed by atoms with Crippen molar-refractivity contribution in [2.45, 2.75) is 110 Å². The second-order valence-electron chi connectivity index (χ2n) is 7.52. The first-order valence-corrected chi connectivity index (χ1v) is 10.6. The van der Waals surface area contributed by atoms with Crippen LogP contribution in [-0.4, -0.2) is 35.1 Å². The van der Waals surface area contributed by atoms with Crippen molar-refractivity contribution < 1.29 is 15.3 Å². The molecule has 0 atom stereocenters. The Kier molecular flexibility index (Phi) is 17.6. The molecule has 24 heavy (non-hydrogen) atoms. The summed E-state index contributed by atoms with van der Waals surface area (Å²) in [5.74, 6) is 0. The van der Waals surface area contributed by atoms with Crippen LogP contribution in [0.3, 0.4) is 0 Å². The largest absolute Gasteiger partial charge is 0.396 e. The lowest BCUT2D eigenvalue weighted by Gasteiger charge is -2.34. The molecule has 3 nitrogen and oxygen atoms in total. The Bertz CT molecular complexity index is 207. The molecule has 0 bridgehead atoms. The van der Waals surface area contributed by atoms with E-state index in [9.17, 15) is 0 Å². The minimum atomic E-state index is 0.328. The molecule has 0 radical (unpaired) electrons. The minimum absolute atomic E-state index is 0.328. The van der Waals surface area contributed by atoms with Gasteiger partial charge in [0.05, 0.1) is 0 Å². The van der Waals surface area contributed by atoms with Crippen LogP contribution in [0.25, 0.3) is 0 Å². The molecule has 146 valence electrons. The van der Waals surface area contributed by atoms with Gasteiger partial charge in [-0.05, 0) is 43.9 Å². The topological polar surface area (TPSA) is 60.7 Å². The van der Waals surface area contributed by atoms with Gasteiger partial charge in [-0.25, -0.2) is 0 Å². The van der Waals surface area contributed by atoms with Crippen LogP contribution >= 0.6 is 0 Å². The fourth-order valence-electron chi connectivity index (χ4n) is 3.80. The maximum absolute atomic E-state index is 8.91. The molecule has 0 spiro atoms. The van der Waals surface area contributed by atoms with Crippen molar-refractivity contribution in [3.8, 4) is 0 Å². The summed E-state index contributed by atoms with van der Waals surface area (Å²) in [4.78, 5) is 0. The highest BCUT2D eigenvalue weighted by Crippen LogP contribution is 2.40. The van der Waals surface area contributed by atoms with Crippen LogP contribution < -0.4 is 0 Å². The van der Waals surface area contributed by atoms with Crippen LogP contribution in [0.15, 0.2) is 0 Å². The minimum Gasteiger partial charge on any atom is -0.396 e. The van der Waals surface area contributed by atoms with E-state index in [-0.39, 0.29) is 0 Å². The molecule has 3 heteroatoms. The van der Waals surface area contributed by atoms with E-state index in [1.54, 1.807) is 0 Å². The third kappa shape index (κ3) is 13.2. The van der Waals surface area contributed by atoms with Crippen molar-refractivity contribution in [1.29, 1.82) is 0 Å². The molecule has 0 amide bonds. The smallest absolute Gasteiger partial charge is 0.0431 e. The molecule has 0 aliphatic carbocycles. The zero-order chi connectivity index (χ0) is 17.9. The highest BCUT2D eigenvalue weighted by molar-refractivity contribution is 4.78. The van der Waals surface area contributed by atoms with E-state index in [4.69, 9.17) is 15.3 Å². The summed E-state index contributed by atoms with van der Waals surface area (Å²) in [5.41, 5.74) is 0.498. The predicted octanol–water partition coefficient (Wildman–Crippen LogP) is 5.21. The Balaban J connectivity index is 4.23. The van der Waals surface area contributed by atoms with E-state index in [0.29, 0.717) is 25.2 Å². The molecule has 0 rings (SSSR count). The van der Waals surface area contributed by atoms with Crippen molar-refractivity contribution in [3.05, 3.63) is 0 Å². The van der Waals surface area contributed by atoms with E-state index in [1.807, 2.05) is 0 Å². The highest BCUT2D eigenvalue weighted by Gasteiger charge is 2.26. The van der Waals surface area contributed by atoms with Crippen molar-refractivity contribution in [3.63, 3.8) is 0 Å². The first-order valence-electron chi connectivity index (χ1n) is 10.6. The molecule has 0 heterocycles. The standard InChI is InChI=1S/C21H44O3/c1-2-21(15-9-3-6-12-18-22,16-10-4-7-13-19-23)17-11-5-8-14-20-24/h22-24H,2-20H2,1H3. The Hall–Kier alpha value is -0.120. The van der Waals surface area contributed by atoms with Gasteiger partial charge in [0, 0.05) is 19.8 Å². The van der Waals surface area contributed by atoms with Crippen LogP contribution in [-0.2, 0) is 0 Å². The zero-order valence-corrected chi connectivity index (χ0v) is 16.3. The van der Waals surface area contributed by atoms with E-state index >= 15 is 0 Å². The van der Waals surface area contributed by atoms with Gasteiger partial charge in [0.15, 0.2) is 0 Å². The van der Waals surface area contributed by atoms with Crippen molar-refractivity contribution in [2.24, 2.45) is 5.41 Å². The molecular formula is C21H44O3. The number of unbranched alkanes of at least 4 members (excludes halogenated alkanes) is 9. The average molecular weight is 345 g/mol. The normalized spacial score (nSPS) is 12.0. The summed E-state index contributed by atoms with van der Waals surface area (Å²) in [7, 11) is 0. The molecule has 0 fully saturated rings. The fraction of sp³-hybridized carbons (Fsp3) is 1.00. The molecule has 0 unspecified atom stereocenters. The molecule has 0 aromatic carbocycles. The fourth-order valence-corrected chi connectivity index (χ4v) is 3.80. The maximum Gasteiger partial charge on any atom is 0.0431 e. The van der Waals surface area contributed by atoms with E-state index in [2.05, 4.69) is 6.92 Å². The van der Waals surface area contributed by atoms with Gasteiger partial charge < -0.3 is 15.3 Å². The molecule has 3 N–H and O–H groups in total. The summed E-state index contributed by atoms with van der Waals surface area (Å²) in [6.07, 6.45) is 19.2. The first-order chi connectivity index (χ1) is 11.7. The average Bonchev–Trinajstić information content (AvgIpc) is 2.60. The summed E-state index contributed by atoms with van der Waals surface area (Å²) in [6, 6.07) is 0. The van der Waals surface area contributed by atoms with Crippen LogP contribution in [0, 0.1) is 5.41 Å². The first kappa shape index (κ1) is 23.9. The second kappa shape index (κ2) is 17.7. The van der Waals surface area contributed by atoms with Crippen LogP contribution in [0.5, 0.6) is 0 Å². The summed E-state index contributed by atoms with van der Waals surface area (Å²) < 4.78 is 0. The molecule has 0 saturated carbocycles. The molecule has 0 aliphatic rings. The molecule has 0 aliphatic heterocycles. The lowest BCUT2D eigenvalue weighted by Crippen LogP contribution is -2.20. The molecule has 0 aromatic heterocycles. The van der Waals surface area contributed by atoms with E-state index < -0.39 is 0 Å². The van der Waals surface area contributed by atoms with Gasteiger partial charge in [-0.2, -0.15) is 0 Å². The van der Waals surface area contributed by atoms with Crippen LogP contribution in [0.4, 0.5) is 0 Å². The van der Waals surface area contributed by atoms with E-state index in [0.717, 1.165) is 38.5 Å². The number of hydrogen-bond donors (Lipinski definition) is 3. The maximum atomic E-state index is 8.91. The number of hydrogen-bond acceptors (Lipinski definition) is 3. The quantitative estimate of drug-likeness (QED) is 0.282. The number of aliphatic hydroxyl groups excluding tert-OH is 3. The third-order valence-electron chi connectivity index (χ3n) is 5.60. The Morgan fingerprint density at radius 3 is 1.00 bits per heavy atom. The van der Waals surface area contributed by atoms with Gasteiger partial charge >= 0.3 is 0 Å². The van der Waals surface area contributed by atoms with Gasteiger partial charge in [0.25, 0.3) is 0 Å². The van der Waals surface area contributed by atoms with Crippen molar-refractivity contribution >= 4 is 0 Å². The molecule has 0 saturated heterocycles. The Labute approximate surface area is 150 Å². The summed E-state index contributed by atoms with van der Waals surface area (Å²) in [5, 5.41) is 26.7. The number of rotatable bonds is 19. The monoisotopic (exact) mass is 344 g/mol.